The second-order valence-corrected chi connectivity index (χ2v) is 6.76. The molecule has 1 aromatic carbocycles. The van der Waals surface area contributed by atoms with E-state index in [1.807, 2.05) is 0 Å². The number of rotatable bonds is 4. The van der Waals surface area contributed by atoms with E-state index in [2.05, 4.69) is 5.32 Å². The second kappa shape index (κ2) is 6.26. The third-order valence-electron chi connectivity index (χ3n) is 3.58. The average molecular weight is 379 g/mol. The van der Waals surface area contributed by atoms with E-state index in [4.69, 9.17) is 17.3 Å². The summed E-state index contributed by atoms with van der Waals surface area (Å²) in [5.41, 5.74) is 0.405. The van der Waals surface area contributed by atoms with Gasteiger partial charge in [0.2, 0.25) is 0 Å². The highest BCUT2D eigenvalue weighted by atomic mass is 32.2. The third-order valence-corrected chi connectivity index (χ3v) is 5.03. The number of carboxylic acid groups (broad SMARTS) is 1. The highest BCUT2D eigenvalue weighted by molar-refractivity contribution is 8.26. The van der Waals surface area contributed by atoms with Crippen molar-refractivity contribution < 1.29 is 24.4 Å². The van der Waals surface area contributed by atoms with Crippen molar-refractivity contribution >= 4 is 63.0 Å². The average Bonchev–Trinajstić information content (AvgIpc) is 3.00. The molecule has 0 spiro atoms. The molecule has 0 aliphatic carbocycles. The number of anilines is 1. The SMILES string of the molecule is O=C(O)CCN1C(=O)C(=C2C(=O)Nc3ccc([N+](=O)[O-])cc32)SC1=S. The number of nitrogens with zero attached hydrogens (tertiary/aromatic N) is 2. The summed E-state index contributed by atoms with van der Waals surface area (Å²) in [5.74, 6) is -2.23. The smallest absolute Gasteiger partial charge is 0.305 e. The fraction of sp³-hybridized carbons (Fsp3) is 0.143. The van der Waals surface area contributed by atoms with Gasteiger partial charge in [0.25, 0.3) is 17.5 Å². The van der Waals surface area contributed by atoms with Crippen LogP contribution in [0.3, 0.4) is 0 Å². The molecule has 0 unspecified atom stereocenters. The van der Waals surface area contributed by atoms with Gasteiger partial charge in [0.05, 0.1) is 21.8 Å². The summed E-state index contributed by atoms with van der Waals surface area (Å²) < 4.78 is 0.139. The van der Waals surface area contributed by atoms with E-state index in [9.17, 15) is 24.5 Å². The molecule has 2 aliphatic rings. The van der Waals surface area contributed by atoms with Gasteiger partial charge in [-0.1, -0.05) is 24.0 Å². The van der Waals surface area contributed by atoms with Gasteiger partial charge in [0.15, 0.2) is 0 Å². The molecule has 1 aromatic rings. The van der Waals surface area contributed by atoms with Crippen LogP contribution < -0.4 is 5.32 Å². The fourth-order valence-corrected chi connectivity index (χ4v) is 3.83. The normalized spacial score (nSPS) is 19.2. The number of nitro benzene ring substituents is 1. The van der Waals surface area contributed by atoms with Crippen LogP contribution in [0.15, 0.2) is 23.1 Å². The standard InChI is InChI=1S/C14H9N3O6S2/c18-9(19)3-4-16-13(21)11(25-14(16)24)10-7-5-6(17(22)23)1-2-8(7)15-12(10)20/h1-2,5H,3-4H2,(H,15,20)(H,18,19). The highest BCUT2D eigenvalue weighted by Gasteiger charge is 2.39. The Bertz CT molecular complexity index is 895. The van der Waals surface area contributed by atoms with Crippen LogP contribution in [0.5, 0.6) is 0 Å². The van der Waals surface area contributed by atoms with Crippen LogP contribution in [0, 0.1) is 10.1 Å². The Labute approximate surface area is 149 Å². The van der Waals surface area contributed by atoms with Gasteiger partial charge in [0, 0.05) is 29.9 Å². The van der Waals surface area contributed by atoms with Gasteiger partial charge in [-0.2, -0.15) is 0 Å². The topological polar surface area (TPSA) is 130 Å². The summed E-state index contributed by atoms with van der Waals surface area (Å²) in [4.78, 5) is 47.0. The highest BCUT2D eigenvalue weighted by Crippen LogP contribution is 2.43. The van der Waals surface area contributed by atoms with Crippen molar-refractivity contribution in [2.45, 2.75) is 6.42 Å². The van der Waals surface area contributed by atoms with Crippen LogP contribution in [0.25, 0.3) is 5.57 Å². The number of non-ortho nitro benzene ring substituents is 1. The van der Waals surface area contributed by atoms with E-state index >= 15 is 0 Å². The van der Waals surface area contributed by atoms with Crippen LogP contribution in [0.4, 0.5) is 11.4 Å². The number of thiocarbonyl (C=S) groups is 1. The largest absolute Gasteiger partial charge is 0.481 e. The van der Waals surface area contributed by atoms with Gasteiger partial charge < -0.3 is 10.4 Å². The van der Waals surface area contributed by atoms with Crippen LogP contribution in [0.1, 0.15) is 12.0 Å². The Morgan fingerprint density at radius 2 is 2.12 bits per heavy atom. The fourth-order valence-electron chi connectivity index (χ4n) is 2.44. The number of thioether (sulfide) groups is 1. The minimum atomic E-state index is -1.08. The van der Waals surface area contributed by atoms with Crippen LogP contribution in [-0.2, 0) is 14.4 Å². The Morgan fingerprint density at radius 1 is 1.40 bits per heavy atom. The van der Waals surface area contributed by atoms with Crippen LogP contribution in [0.2, 0.25) is 0 Å². The van der Waals surface area contributed by atoms with E-state index in [0.29, 0.717) is 5.69 Å². The number of hydrogen-bond donors (Lipinski definition) is 2. The Kier molecular flexibility index (Phi) is 4.27. The first kappa shape index (κ1) is 17.0. The maximum Gasteiger partial charge on any atom is 0.305 e. The number of benzene rings is 1. The van der Waals surface area contributed by atoms with Crippen molar-refractivity contribution in [2.75, 3.05) is 11.9 Å². The zero-order valence-corrected chi connectivity index (χ0v) is 14.0. The van der Waals surface area contributed by atoms with Gasteiger partial charge in [-0.3, -0.25) is 29.4 Å². The summed E-state index contributed by atoms with van der Waals surface area (Å²) in [5, 5.41) is 22.3. The van der Waals surface area contributed by atoms with Gasteiger partial charge in [0.1, 0.15) is 4.32 Å². The number of carbonyl (C=O) groups is 3. The number of amides is 2. The molecule has 1 saturated heterocycles. The molecule has 0 bridgehead atoms. The lowest BCUT2D eigenvalue weighted by Crippen LogP contribution is -2.30. The molecule has 128 valence electrons. The molecular formula is C14H9N3O6S2. The number of carbonyl (C=O) groups excluding carboxylic acids is 2. The van der Waals surface area contributed by atoms with Crippen molar-refractivity contribution in [2.24, 2.45) is 0 Å². The first-order valence-electron chi connectivity index (χ1n) is 6.89. The van der Waals surface area contributed by atoms with Gasteiger partial charge in [-0.15, -0.1) is 0 Å². The van der Waals surface area contributed by atoms with E-state index in [1.165, 1.54) is 18.2 Å². The summed E-state index contributed by atoms with van der Waals surface area (Å²) in [6.07, 6.45) is -0.288. The first-order valence-corrected chi connectivity index (χ1v) is 8.12. The lowest BCUT2D eigenvalue weighted by atomic mass is 10.1. The zero-order chi connectivity index (χ0) is 18.3. The van der Waals surface area contributed by atoms with E-state index in [1.54, 1.807) is 0 Å². The summed E-state index contributed by atoms with van der Waals surface area (Å²) >= 11 is 5.96. The molecule has 2 amide bonds. The van der Waals surface area contributed by atoms with Crippen molar-refractivity contribution in [3.05, 3.63) is 38.8 Å². The number of aliphatic carboxylic acids is 1. The lowest BCUT2D eigenvalue weighted by Gasteiger charge is -2.12. The quantitative estimate of drug-likeness (QED) is 0.349. The van der Waals surface area contributed by atoms with Gasteiger partial charge >= 0.3 is 5.97 Å². The van der Waals surface area contributed by atoms with Crippen molar-refractivity contribution in [3.63, 3.8) is 0 Å². The Morgan fingerprint density at radius 3 is 2.76 bits per heavy atom. The molecule has 0 atom stereocenters. The minimum Gasteiger partial charge on any atom is -0.481 e. The van der Waals surface area contributed by atoms with E-state index < -0.39 is 22.7 Å². The summed E-state index contributed by atoms with van der Waals surface area (Å²) in [6.45, 7) is -0.111. The van der Waals surface area contributed by atoms with Crippen LogP contribution >= 0.6 is 24.0 Å². The molecule has 1 fully saturated rings. The third kappa shape index (κ3) is 2.98. The number of carboxylic acids is 1. The molecule has 0 radical (unpaired) electrons. The van der Waals surface area contributed by atoms with E-state index in [0.717, 1.165) is 16.7 Å². The molecular weight excluding hydrogens is 370 g/mol. The molecule has 2 heterocycles. The lowest BCUT2D eigenvalue weighted by molar-refractivity contribution is -0.384. The second-order valence-electron chi connectivity index (χ2n) is 5.11. The molecule has 2 aliphatic heterocycles. The molecule has 0 aromatic heterocycles. The minimum absolute atomic E-state index is 0.00822. The molecule has 11 heteroatoms. The zero-order valence-electron chi connectivity index (χ0n) is 12.3. The van der Waals surface area contributed by atoms with Gasteiger partial charge in [-0.25, -0.2) is 0 Å². The summed E-state index contributed by atoms with van der Waals surface area (Å²) in [6, 6.07) is 3.86. The molecule has 25 heavy (non-hydrogen) atoms. The number of fused-ring (bicyclic) bond motifs is 1. The molecule has 0 saturated carbocycles. The molecule has 2 N–H and O–H groups in total. The van der Waals surface area contributed by atoms with Gasteiger partial charge in [-0.05, 0) is 6.07 Å². The molecule has 9 nitrogen and oxygen atoms in total. The maximum absolute atomic E-state index is 12.5. The van der Waals surface area contributed by atoms with Crippen molar-refractivity contribution in [1.29, 1.82) is 0 Å². The van der Waals surface area contributed by atoms with Crippen LogP contribution in [-0.4, -0.2) is 43.6 Å². The molecule has 3 rings (SSSR count). The van der Waals surface area contributed by atoms with Crippen molar-refractivity contribution in [3.8, 4) is 0 Å². The summed E-state index contributed by atoms with van der Waals surface area (Å²) in [7, 11) is 0. The Hall–Kier alpha value is -2.79. The number of nitrogens with one attached hydrogen (secondary N) is 1. The first-order chi connectivity index (χ1) is 11.8. The predicted octanol–water partition coefficient (Wildman–Crippen LogP) is 1.59. The Balaban J connectivity index is 2.04. The predicted molar refractivity (Wildman–Crippen MR) is 92.8 cm³/mol. The number of nitro groups is 1. The van der Waals surface area contributed by atoms with Crippen molar-refractivity contribution in [1.82, 2.24) is 4.90 Å². The number of hydrogen-bond acceptors (Lipinski definition) is 7. The van der Waals surface area contributed by atoms with E-state index in [-0.39, 0.29) is 39.0 Å². The maximum atomic E-state index is 12.5. The monoisotopic (exact) mass is 379 g/mol.